The predicted octanol–water partition coefficient (Wildman–Crippen LogP) is 2.24. The highest BCUT2D eigenvalue weighted by Crippen LogP contribution is 2.32. The minimum Gasteiger partial charge on any atom is -0.477 e. The largest absolute Gasteiger partial charge is 0.477 e. The van der Waals surface area contributed by atoms with Gasteiger partial charge in [0.05, 0.1) is 6.61 Å². The van der Waals surface area contributed by atoms with Gasteiger partial charge in [0.25, 0.3) is 0 Å². The van der Waals surface area contributed by atoms with Crippen molar-refractivity contribution in [1.82, 2.24) is 9.69 Å². The van der Waals surface area contributed by atoms with Gasteiger partial charge in [0.15, 0.2) is 0 Å². The first kappa shape index (κ1) is 17.7. The molecule has 7 nitrogen and oxygen atoms in total. The lowest BCUT2D eigenvalue weighted by Crippen LogP contribution is -2.31. The lowest BCUT2D eigenvalue weighted by molar-refractivity contribution is 0.0694. The number of aromatic nitrogens is 1. The maximum absolute atomic E-state index is 11.5. The molecule has 0 aromatic carbocycles. The van der Waals surface area contributed by atoms with Crippen molar-refractivity contribution in [2.75, 3.05) is 24.2 Å². The lowest BCUT2D eigenvalue weighted by Gasteiger charge is -2.05. The van der Waals surface area contributed by atoms with Gasteiger partial charge in [-0.1, -0.05) is 19.8 Å². The van der Waals surface area contributed by atoms with Crippen LogP contribution in [-0.4, -0.2) is 45.5 Å². The number of nitrogens with one attached hydrogen (secondary N) is 2. The Morgan fingerprint density at radius 1 is 1.38 bits per heavy atom. The Balaban J connectivity index is 2.69. The molecule has 0 saturated carbocycles. The normalized spacial score (nSPS) is 10.4. The van der Waals surface area contributed by atoms with Gasteiger partial charge in [0.1, 0.15) is 15.6 Å². The number of nitrogens with zero attached hydrogens (tertiary/aromatic N) is 1. The summed E-state index contributed by atoms with van der Waals surface area (Å²) in [6.45, 7) is 2.02. The standard InChI is InChI=1S/C12H19N3O4S2/c1-2-3-4-7-20-10-8(11(17)18)9(21-15-10)14-12(19)13-5-6-16/h16H,2-7H2,1H3,(H,17,18)(H2,13,14,19). The quantitative estimate of drug-likeness (QED) is 0.407. The van der Waals surface area contributed by atoms with Crippen LogP contribution >= 0.6 is 23.3 Å². The molecule has 1 rings (SSSR count). The number of rotatable bonds is 9. The van der Waals surface area contributed by atoms with Crippen LogP contribution in [0.1, 0.15) is 36.5 Å². The van der Waals surface area contributed by atoms with E-state index < -0.39 is 12.0 Å². The summed E-state index contributed by atoms with van der Waals surface area (Å²) < 4.78 is 4.10. The second kappa shape index (κ2) is 9.59. The molecule has 1 heterocycles. The van der Waals surface area contributed by atoms with Gasteiger partial charge in [-0.15, -0.1) is 11.8 Å². The van der Waals surface area contributed by atoms with Crippen molar-refractivity contribution in [2.24, 2.45) is 0 Å². The molecule has 0 atom stereocenters. The number of aromatic carboxylic acids is 1. The molecule has 0 unspecified atom stereocenters. The molecule has 118 valence electrons. The molecule has 21 heavy (non-hydrogen) atoms. The molecule has 0 radical (unpaired) electrons. The average molecular weight is 333 g/mol. The van der Waals surface area contributed by atoms with Crippen LogP contribution in [0.5, 0.6) is 0 Å². The van der Waals surface area contributed by atoms with Crippen LogP contribution in [0.4, 0.5) is 9.80 Å². The van der Waals surface area contributed by atoms with Crippen LogP contribution in [0.3, 0.4) is 0 Å². The number of carboxylic acids is 1. The molecule has 1 aromatic heterocycles. The van der Waals surface area contributed by atoms with Gasteiger partial charge < -0.3 is 15.5 Å². The van der Waals surface area contributed by atoms with E-state index in [1.54, 1.807) is 0 Å². The maximum atomic E-state index is 11.5. The molecule has 0 aliphatic heterocycles. The van der Waals surface area contributed by atoms with E-state index in [4.69, 9.17) is 5.11 Å². The Labute approximate surface area is 131 Å². The number of hydrogen-bond donors (Lipinski definition) is 4. The topological polar surface area (TPSA) is 112 Å². The molecule has 0 spiro atoms. The molecule has 0 aliphatic rings. The van der Waals surface area contributed by atoms with E-state index in [0.717, 1.165) is 36.5 Å². The molecular weight excluding hydrogens is 314 g/mol. The first-order valence-electron chi connectivity index (χ1n) is 6.61. The number of carbonyl (C=O) groups is 2. The predicted molar refractivity (Wildman–Crippen MR) is 83.4 cm³/mol. The van der Waals surface area contributed by atoms with E-state index >= 15 is 0 Å². The van der Waals surface area contributed by atoms with Gasteiger partial charge in [-0.05, 0) is 23.7 Å². The molecule has 0 saturated heterocycles. The number of carboxylic acid groups (broad SMARTS) is 1. The second-order valence-electron chi connectivity index (χ2n) is 4.16. The zero-order chi connectivity index (χ0) is 15.7. The molecule has 0 bridgehead atoms. The van der Waals surface area contributed by atoms with Gasteiger partial charge in [-0.3, -0.25) is 5.32 Å². The van der Waals surface area contributed by atoms with Gasteiger partial charge in [0.2, 0.25) is 0 Å². The van der Waals surface area contributed by atoms with E-state index in [1.165, 1.54) is 11.8 Å². The van der Waals surface area contributed by atoms with Crippen molar-refractivity contribution >= 4 is 40.3 Å². The summed E-state index contributed by atoms with van der Waals surface area (Å²) in [5.74, 6) is -0.312. The Bertz CT molecular complexity index is 479. The smallest absolute Gasteiger partial charge is 0.341 e. The number of aliphatic hydroxyl groups excluding tert-OH is 1. The number of unbranched alkanes of at least 4 members (excludes halogenated alkanes) is 2. The summed E-state index contributed by atoms with van der Waals surface area (Å²) in [6, 6.07) is -0.558. The van der Waals surface area contributed by atoms with Gasteiger partial charge in [-0.2, -0.15) is 4.37 Å². The Morgan fingerprint density at radius 3 is 2.76 bits per heavy atom. The number of aliphatic hydroxyl groups is 1. The van der Waals surface area contributed by atoms with Gasteiger partial charge in [0, 0.05) is 6.54 Å². The molecule has 2 amide bonds. The highest BCUT2D eigenvalue weighted by molar-refractivity contribution is 7.99. The summed E-state index contributed by atoms with van der Waals surface area (Å²) in [5.41, 5.74) is 0.0284. The fraction of sp³-hybridized carbons (Fsp3) is 0.583. The van der Waals surface area contributed by atoms with Crippen LogP contribution in [0.25, 0.3) is 0 Å². The number of thioether (sulfide) groups is 1. The second-order valence-corrected chi connectivity index (χ2v) is 6.01. The van der Waals surface area contributed by atoms with E-state index in [9.17, 15) is 14.7 Å². The van der Waals surface area contributed by atoms with E-state index in [1.807, 2.05) is 0 Å². The summed E-state index contributed by atoms with van der Waals surface area (Å²) in [4.78, 5) is 22.8. The number of hydrogen-bond acceptors (Lipinski definition) is 6. The van der Waals surface area contributed by atoms with E-state index in [2.05, 4.69) is 21.9 Å². The summed E-state index contributed by atoms with van der Waals surface area (Å²) in [7, 11) is 0. The highest BCUT2D eigenvalue weighted by atomic mass is 32.2. The van der Waals surface area contributed by atoms with E-state index in [-0.39, 0.29) is 23.7 Å². The Kier molecular flexibility index (Phi) is 8.09. The minimum atomic E-state index is -1.11. The van der Waals surface area contributed by atoms with Crippen LogP contribution < -0.4 is 10.6 Å². The summed E-state index contributed by atoms with van der Waals surface area (Å²) in [5, 5.41) is 23.4. The molecule has 0 aliphatic carbocycles. The summed E-state index contributed by atoms with van der Waals surface area (Å²) >= 11 is 2.33. The average Bonchev–Trinajstić information content (AvgIpc) is 2.84. The van der Waals surface area contributed by atoms with Crippen LogP contribution in [0.2, 0.25) is 0 Å². The number of urea groups is 1. The SMILES string of the molecule is CCCCCSc1nsc(NC(=O)NCCO)c1C(=O)O. The molecular formula is C12H19N3O4S2. The van der Waals surface area contributed by atoms with Crippen LogP contribution in [-0.2, 0) is 0 Å². The van der Waals surface area contributed by atoms with E-state index in [0.29, 0.717) is 5.03 Å². The van der Waals surface area contributed by atoms with Gasteiger partial charge >= 0.3 is 12.0 Å². The van der Waals surface area contributed by atoms with Crippen LogP contribution in [0, 0.1) is 0 Å². The summed E-state index contributed by atoms with van der Waals surface area (Å²) in [6.07, 6.45) is 3.19. The lowest BCUT2D eigenvalue weighted by atomic mass is 10.3. The molecule has 0 fully saturated rings. The van der Waals surface area contributed by atoms with Crippen molar-refractivity contribution in [3.8, 4) is 0 Å². The number of anilines is 1. The fourth-order valence-electron chi connectivity index (χ4n) is 1.49. The van der Waals surface area contributed by atoms with Crippen molar-refractivity contribution in [3.05, 3.63) is 5.56 Å². The van der Waals surface area contributed by atoms with Gasteiger partial charge in [-0.25, -0.2) is 9.59 Å². The maximum Gasteiger partial charge on any atom is 0.341 e. The van der Waals surface area contributed by atoms with Crippen molar-refractivity contribution in [2.45, 2.75) is 31.2 Å². The first-order valence-corrected chi connectivity index (χ1v) is 8.37. The van der Waals surface area contributed by atoms with Crippen molar-refractivity contribution in [1.29, 1.82) is 0 Å². The van der Waals surface area contributed by atoms with Crippen LogP contribution in [0.15, 0.2) is 5.03 Å². The Hall–Kier alpha value is -1.32. The fourth-order valence-corrected chi connectivity index (χ4v) is 3.43. The monoisotopic (exact) mass is 333 g/mol. The zero-order valence-electron chi connectivity index (χ0n) is 11.7. The first-order chi connectivity index (χ1) is 10.1. The third-order valence-electron chi connectivity index (χ3n) is 2.49. The Morgan fingerprint density at radius 2 is 2.14 bits per heavy atom. The third-order valence-corrected chi connectivity index (χ3v) is 4.43. The highest BCUT2D eigenvalue weighted by Gasteiger charge is 2.21. The number of carbonyl (C=O) groups excluding carboxylic acids is 1. The minimum absolute atomic E-state index is 0.0284. The molecule has 1 aromatic rings. The zero-order valence-corrected chi connectivity index (χ0v) is 13.4. The number of amides is 2. The third kappa shape index (κ3) is 5.90. The van der Waals surface area contributed by atoms with Crippen molar-refractivity contribution < 1.29 is 19.8 Å². The molecule has 4 N–H and O–H groups in total. The molecule has 9 heteroatoms. The van der Waals surface area contributed by atoms with Crippen molar-refractivity contribution in [3.63, 3.8) is 0 Å².